The summed E-state index contributed by atoms with van der Waals surface area (Å²) in [5, 5.41) is 13.1. The SMILES string of the molecule is CC(C)C(NC(=O)CCCCCN1C(=O)C=CC1=O)C(=O)NC(CCCNC(N)=O)C(=O)Nc1ccc(COC(=O)NCC(F)CN(C(=O)N2CCN(S(C)(=O)=O)CC2)C(c2nc(-c3cc(F)ccc3F)cn2Cc2ccccc2)C(C)(C)C)cc1. The van der Waals surface area contributed by atoms with E-state index < -0.39 is 100 Å². The van der Waals surface area contributed by atoms with Crippen LogP contribution in [0.4, 0.5) is 33.2 Å². The minimum atomic E-state index is -3.59. The van der Waals surface area contributed by atoms with E-state index in [4.69, 9.17) is 15.5 Å². The Balaban J connectivity index is 1.09. The van der Waals surface area contributed by atoms with E-state index in [-0.39, 0.29) is 106 Å². The predicted octanol–water partition coefficient (Wildman–Crippen LogP) is 5.73. The van der Waals surface area contributed by atoms with Crippen LogP contribution < -0.4 is 32.3 Å². The first-order valence-electron chi connectivity index (χ1n) is 28.4. The van der Waals surface area contributed by atoms with Gasteiger partial charge in [-0.15, -0.1) is 0 Å². The number of carbonyl (C=O) groups is 8. The average molecular weight is 1220 g/mol. The van der Waals surface area contributed by atoms with Gasteiger partial charge in [0, 0.05) is 81.8 Å². The minimum absolute atomic E-state index is 0.0177. The van der Waals surface area contributed by atoms with Gasteiger partial charge in [0.1, 0.15) is 42.3 Å². The number of nitrogens with zero attached hydrogens (tertiary/aromatic N) is 6. The van der Waals surface area contributed by atoms with E-state index in [0.717, 1.165) is 34.9 Å². The first-order valence-corrected chi connectivity index (χ1v) is 30.2. The number of imidazole rings is 1. The Kier molecular flexibility index (Phi) is 23.8. The van der Waals surface area contributed by atoms with Crippen molar-refractivity contribution in [2.45, 2.75) is 111 Å². The smallest absolute Gasteiger partial charge is 0.407 e. The Bertz CT molecular complexity index is 3170. The second-order valence-corrected chi connectivity index (χ2v) is 24.6. The van der Waals surface area contributed by atoms with Crippen molar-refractivity contribution in [1.82, 2.24) is 49.8 Å². The molecule has 4 aromatic rings. The third-order valence-electron chi connectivity index (χ3n) is 14.3. The molecule has 466 valence electrons. The molecular formula is C59H77F3N12O11S. The minimum Gasteiger partial charge on any atom is -0.445 e. The molecule has 27 heteroatoms. The monoisotopic (exact) mass is 1220 g/mol. The first-order chi connectivity index (χ1) is 40.7. The van der Waals surface area contributed by atoms with Gasteiger partial charge in [0.25, 0.3) is 11.8 Å². The van der Waals surface area contributed by atoms with Gasteiger partial charge >= 0.3 is 18.2 Å². The number of hydrogen-bond acceptors (Lipinski definition) is 12. The Morgan fingerprint density at radius 1 is 0.826 bits per heavy atom. The number of primary amides is 1. The fraction of sp³-hybridized carbons (Fsp3) is 0.475. The number of sulfonamides is 1. The number of halogens is 3. The highest BCUT2D eigenvalue weighted by molar-refractivity contribution is 7.88. The molecule has 1 aromatic heterocycles. The second kappa shape index (κ2) is 30.7. The lowest BCUT2D eigenvalue weighted by Gasteiger charge is -2.44. The molecule has 7 N–H and O–H groups in total. The molecule has 0 saturated carbocycles. The number of aromatic nitrogens is 2. The lowest BCUT2D eigenvalue weighted by atomic mass is 9.84. The van der Waals surface area contributed by atoms with E-state index in [1.54, 1.807) is 36.7 Å². The number of rotatable bonds is 28. The predicted molar refractivity (Wildman–Crippen MR) is 313 cm³/mol. The highest BCUT2D eigenvalue weighted by atomic mass is 32.2. The van der Waals surface area contributed by atoms with E-state index in [2.05, 4.69) is 26.6 Å². The quantitative estimate of drug-likeness (QED) is 0.0294. The van der Waals surface area contributed by atoms with E-state index in [1.807, 2.05) is 51.1 Å². The largest absolute Gasteiger partial charge is 0.445 e. The third-order valence-corrected chi connectivity index (χ3v) is 15.6. The van der Waals surface area contributed by atoms with Crippen LogP contribution in [0, 0.1) is 23.0 Å². The summed E-state index contributed by atoms with van der Waals surface area (Å²) in [4.78, 5) is 112. The number of anilines is 1. The number of carbonyl (C=O) groups excluding carboxylic acids is 8. The van der Waals surface area contributed by atoms with Crippen molar-refractivity contribution in [3.63, 3.8) is 0 Å². The zero-order valence-electron chi connectivity index (χ0n) is 49.2. The number of imide groups is 1. The molecule has 4 atom stereocenters. The van der Waals surface area contributed by atoms with Crippen molar-refractivity contribution in [3.8, 4) is 11.3 Å². The Labute approximate surface area is 498 Å². The molecule has 1 saturated heterocycles. The van der Waals surface area contributed by atoms with Gasteiger partial charge in [-0.1, -0.05) is 83.5 Å². The number of amides is 10. The van der Waals surface area contributed by atoms with Crippen molar-refractivity contribution in [3.05, 3.63) is 120 Å². The number of alkyl carbamates (subject to hydrolysis) is 1. The van der Waals surface area contributed by atoms with Crippen LogP contribution in [-0.2, 0) is 51.9 Å². The van der Waals surface area contributed by atoms with Crippen molar-refractivity contribution < 1.29 is 64.7 Å². The number of alkyl halides is 1. The van der Waals surface area contributed by atoms with Crippen molar-refractivity contribution in [2.24, 2.45) is 17.1 Å². The highest BCUT2D eigenvalue weighted by Gasteiger charge is 2.42. The Hall–Kier alpha value is -8.33. The van der Waals surface area contributed by atoms with Crippen LogP contribution in [0.1, 0.15) is 96.1 Å². The summed E-state index contributed by atoms with van der Waals surface area (Å²) in [6.45, 7) is 7.77. The van der Waals surface area contributed by atoms with Crippen LogP contribution in [0.2, 0.25) is 0 Å². The lowest BCUT2D eigenvalue weighted by Crippen LogP contribution is -2.57. The summed E-state index contributed by atoms with van der Waals surface area (Å²) in [7, 11) is -3.59. The average Bonchev–Trinajstić information content (AvgIpc) is 1.63. The number of piperazine rings is 1. The molecule has 2 aliphatic rings. The van der Waals surface area contributed by atoms with Crippen LogP contribution >= 0.6 is 0 Å². The summed E-state index contributed by atoms with van der Waals surface area (Å²) < 4.78 is 79.9. The van der Waals surface area contributed by atoms with E-state index in [9.17, 15) is 51.2 Å². The third kappa shape index (κ3) is 19.6. The standard InChI is InChI=1S/C59H77F3N12O11S/c1-38(2)51(69-48(75)17-11-8-12-27-73-49(76)24-25-50(73)77)55(79)68-46(16-13-26-64-56(63)80)54(78)66-43-21-18-40(19-22-43)37-85-57(81)65-33-42(61)35-74(58(82)70-28-30-72(31-29-70)86(6,83)84)52(59(3,4)5)53-67-47(44-32-41(60)20-23-45(44)62)36-71(53)34-39-14-9-7-10-15-39/h7,9-10,14-15,18-25,32,36,38,42,46,51-52H,8,11-13,16-17,26-31,33-35,37H2,1-6H3,(H,65,81)(H,66,78)(H,68,79)(H,69,75)(H3,63,64,80). The van der Waals surface area contributed by atoms with Crippen molar-refractivity contribution in [2.75, 3.05) is 63.9 Å². The van der Waals surface area contributed by atoms with Gasteiger partial charge in [-0.05, 0) is 78.5 Å². The molecule has 0 radical (unpaired) electrons. The van der Waals surface area contributed by atoms with Crippen LogP contribution in [0.25, 0.3) is 11.3 Å². The molecule has 6 rings (SSSR count). The van der Waals surface area contributed by atoms with Crippen LogP contribution in [0.15, 0.2) is 91.1 Å². The normalized spacial score (nSPS) is 15.2. The molecule has 3 aromatic carbocycles. The van der Waals surface area contributed by atoms with Gasteiger partial charge in [0.2, 0.25) is 27.7 Å². The Morgan fingerprint density at radius 3 is 2.13 bits per heavy atom. The fourth-order valence-electron chi connectivity index (χ4n) is 9.86. The molecular weight excluding hydrogens is 1140 g/mol. The Morgan fingerprint density at radius 2 is 1.50 bits per heavy atom. The van der Waals surface area contributed by atoms with Crippen LogP contribution in [-0.4, -0.2) is 162 Å². The van der Waals surface area contributed by atoms with Gasteiger partial charge in [0.05, 0.1) is 31.1 Å². The molecule has 4 unspecified atom stereocenters. The summed E-state index contributed by atoms with van der Waals surface area (Å²) in [6, 6.07) is 13.7. The summed E-state index contributed by atoms with van der Waals surface area (Å²) >= 11 is 0. The number of unbranched alkanes of at least 4 members (excludes halogenated alkanes) is 2. The molecule has 0 aliphatic carbocycles. The number of urea groups is 2. The molecule has 1 fully saturated rings. The maximum Gasteiger partial charge on any atom is 0.407 e. The molecule has 86 heavy (non-hydrogen) atoms. The number of benzene rings is 3. The number of nitrogens with one attached hydrogen (secondary N) is 5. The van der Waals surface area contributed by atoms with Gasteiger partial charge in [-0.3, -0.25) is 28.9 Å². The molecule has 2 aliphatic heterocycles. The second-order valence-electron chi connectivity index (χ2n) is 22.6. The molecule has 10 amide bonds. The highest BCUT2D eigenvalue weighted by Crippen LogP contribution is 2.40. The van der Waals surface area contributed by atoms with Crippen LogP contribution in [0.3, 0.4) is 0 Å². The zero-order chi connectivity index (χ0) is 62.9. The van der Waals surface area contributed by atoms with Crippen molar-refractivity contribution >= 4 is 63.4 Å². The maximum absolute atomic E-state index is 16.6. The van der Waals surface area contributed by atoms with Gasteiger partial charge in [-0.25, -0.2) is 41.0 Å². The zero-order valence-corrected chi connectivity index (χ0v) is 50.0. The first kappa shape index (κ1) is 66.8. The molecule has 23 nitrogen and oxygen atoms in total. The number of hydrogen-bond donors (Lipinski definition) is 6. The molecule has 0 spiro atoms. The lowest BCUT2D eigenvalue weighted by molar-refractivity contribution is -0.137. The van der Waals surface area contributed by atoms with Gasteiger partial charge in [0.15, 0.2) is 0 Å². The van der Waals surface area contributed by atoms with Crippen molar-refractivity contribution in [1.29, 1.82) is 0 Å². The summed E-state index contributed by atoms with van der Waals surface area (Å²) in [6.07, 6.45) is 3.93. The van der Waals surface area contributed by atoms with E-state index in [0.29, 0.717) is 30.5 Å². The topological polar surface area (TPSA) is 297 Å². The van der Waals surface area contributed by atoms with E-state index >= 15 is 8.78 Å². The van der Waals surface area contributed by atoms with E-state index in [1.165, 1.54) is 38.4 Å². The maximum atomic E-state index is 16.6. The summed E-state index contributed by atoms with van der Waals surface area (Å²) in [5.74, 6) is -4.04. The van der Waals surface area contributed by atoms with Gasteiger partial charge < -0.3 is 51.4 Å². The number of ether oxygens (including phenoxy) is 1. The molecule has 3 heterocycles. The summed E-state index contributed by atoms with van der Waals surface area (Å²) in [5.41, 5.74) is 5.79. The van der Waals surface area contributed by atoms with Crippen LogP contribution in [0.5, 0.6) is 0 Å². The fourth-order valence-corrected chi connectivity index (χ4v) is 10.7. The van der Waals surface area contributed by atoms with Gasteiger partial charge in [-0.2, -0.15) is 4.31 Å². The molecule has 0 bridgehead atoms. The number of nitrogens with two attached hydrogens (primary N) is 1.